The lowest BCUT2D eigenvalue weighted by molar-refractivity contribution is -0.00235. The zero-order chi connectivity index (χ0) is 34.6. The fourth-order valence-electron chi connectivity index (χ4n) is 7.59. The van der Waals surface area contributed by atoms with Crippen molar-refractivity contribution in [1.82, 2.24) is 5.32 Å². The van der Waals surface area contributed by atoms with Crippen molar-refractivity contribution in [2.24, 2.45) is 11.8 Å². The third-order valence-electron chi connectivity index (χ3n) is 10.2. The van der Waals surface area contributed by atoms with Gasteiger partial charge in [0.1, 0.15) is 22.9 Å². The number of hydrogen-bond acceptors (Lipinski definition) is 10. The standard InChI is InChI=1S/C39H55N3O7/c1-46-18-11-19-49-39(29-14-8-5-9-15-29)30-16-10-17-42(26-30)36-35(37(44)38(36)45)41-33(22-27-12-6-4-7-13-27)34(43)25-40-24-28-20-31(47-2)23-32(21-28)48-3/h5,8-9,14-15,20-21,23,27,30,33-34,39-41,43H,4,6-7,10-13,16-19,22,24-26H2,1-3H3/t30?,33-,34+,39-/m0/s1. The van der Waals surface area contributed by atoms with E-state index in [1.54, 1.807) is 21.3 Å². The Bertz CT molecular complexity index is 1480. The summed E-state index contributed by atoms with van der Waals surface area (Å²) >= 11 is 0. The van der Waals surface area contributed by atoms with Gasteiger partial charge in [0.2, 0.25) is 0 Å². The number of piperidine rings is 1. The number of aliphatic hydroxyl groups is 1. The molecule has 1 heterocycles. The number of rotatable bonds is 19. The molecule has 49 heavy (non-hydrogen) atoms. The minimum atomic E-state index is -0.774. The topological polar surface area (TPSA) is 119 Å². The number of hydrogen-bond donors (Lipinski definition) is 3. The van der Waals surface area contributed by atoms with E-state index < -0.39 is 17.0 Å². The van der Waals surface area contributed by atoms with Crippen LogP contribution in [0.5, 0.6) is 11.5 Å². The lowest BCUT2D eigenvalue weighted by atomic mass is 9.83. The Morgan fingerprint density at radius 2 is 1.63 bits per heavy atom. The zero-order valence-electron chi connectivity index (χ0n) is 29.5. The maximum atomic E-state index is 13.2. The number of aliphatic hydroxyl groups excluding tert-OH is 1. The third-order valence-corrected chi connectivity index (χ3v) is 10.2. The molecule has 10 nitrogen and oxygen atoms in total. The van der Waals surface area contributed by atoms with Gasteiger partial charge >= 0.3 is 0 Å². The molecule has 5 rings (SSSR count). The molecule has 4 atom stereocenters. The lowest BCUT2D eigenvalue weighted by Gasteiger charge is -2.40. The summed E-state index contributed by atoms with van der Waals surface area (Å²) in [5.74, 6) is 2.02. The van der Waals surface area contributed by atoms with Crippen molar-refractivity contribution >= 4 is 11.4 Å². The molecule has 1 saturated carbocycles. The van der Waals surface area contributed by atoms with Crippen LogP contribution in [0.15, 0.2) is 58.1 Å². The molecule has 0 radical (unpaired) electrons. The molecule has 0 spiro atoms. The summed E-state index contributed by atoms with van der Waals surface area (Å²) in [5.41, 5.74) is 1.95. The van der Waals surface area contributed by atoms with Crippen LogP contribution in [-0.2, 0) is 16.0 Å². The van der Waals surface area contributed by atoms with Crippen LogP contribution in [0, 0.1) is 11.8 Å². The quantitative estimate of drug-likeness (QED) is 0.115. The Morgan fingerprint density at radius 1 is 0.898 bits per heavy atom. The average molecular weight is 678 g/mol. The van der Waals surface area contributed by atoms with Gasteiger partial charge in [0.05, 0.1) is 32.5 Å². The smallest absolute Gasteiger partial charge is 0.253 e. The number of nitrogens with one attached hydrogen (secondary N) is 2. The van der Waals surface area contributed by atoms with E-state index in [1.807, 2.05) is 36.4 Å². The van der Waals surface area contributed by atoms with E-state index in [4.69, 9.17) is 18.9 Å². The maximum absolute atomic E-state index is 13.2. The number of ether oxygens (including phenoxy) is 4. The summed E-state index contributed by atoms with van der Waals surface area (Å²) in [4.78, 5) is 28.5. The van der Waals surface area contributed by atoms with E-state index in [9.17, 15) is 14.7 Å². The second-order valence-corrected chi connectivity index (χ2v) is 13.7. The maximum Gasteiger partial charge on any atom is 0.253 e. The van der Waals surface area contributed by atoms with Crippen LogP contribution in [0.4, 0.5) is 11.4 Å². The van der Waals surface area contributed by atoms with Gasteiger partial charge in [-0.05, 0) is 54.9 Å². The van der Waals surface area contributed by atoms with E-state index in [-0.39, 0.29) is 18.1 Å². The van der Waals surface area contributed by atoms with E-state index in [0.29, 0.717) is 68.2 Å². The predicted octanol–water partition coefficient (Wildman–Crippen LogP) is 5.21. The van der Waals surface area contributed by atoms with Crippen LogP contribution < -0.4 is 35.9 Å². The molecule has 2 aliphatic rings. The van der Waals surface area contributed by atoms with Gasteiger partial charge in [0.25, 0.3) is 10.9 Å². The Labute approximate surface area is 290 Å². The Morgan fingerprint density at radius 3 is 2.33 bits per heavy atom. The minimum absolute atomic E-state index is 0.125. The molecule has 3 N–H and O–H groups in total. The lowest BCUT2D eigenvalue weighted by Crippen LogP contribution is -2.50. The molecule has 3 aromatic rings. The highest BCUT2D eigenvalue weighted by Gasteiger charge is 2.35. The number of nitrogens with zero attached hydrogens (tertiary/aromatic N) is 1. The van der Waals surface area contributed by atoms with Crippen molar-refractivity contribution in [2.75, 3.05) is 64.4 Å². The number of methoxy groups -OCH3 is 3. The van der Waals surface area contributed by atoms with E-state index in [2.05, 4.69) is 27.7 Å². The molecule has 3 aromatic carbocycles. The van der Waals surface area contributed by atoms with E-state index in [1.165, 1.54) is 19.3 Å². The van der Waals surface area contributed by atoms with E-state index in [0.717, 1.165) is 49.7 Å². The molecule has 268 valence electrons. The summed E-state index contributed by atoms with van der Waals surface area (Å²) in [6.07, 6.45) is 8.32. The van der Waals surface area contributed by atoms with Crippen LogP contribution in [0.1, 0.15) is 75.0 Å². The van der Waals surface area contributed by atoms with Crippen molar-refractivity contribution < 1.29 is 24.1 Å². The third kappa shape index (κ3) is 9.84. The molecule has 1 unspecified atom stereocenters. The van der Waals surface area contributed by atoms with Gasteiger partial charge in [-0.15, -0.1) is 0 Å². The summed E-state index contributed by atoms with van der Waals surface area (Å²) in [5, 5.41) is 18.4. The van der Waals surface area contributed by atoms with Gasteiger partial charge in [-0.2, -0.15) is 0 Å². The average Bonchev–Trinajstić information content (AvgIpc) is 3.14. The molecule has 0 amide bonds. The molecular weight excluding hydrogens is 622 g/mol. The summed E-state index contributed by atoms with van der Waals surface area (Å²) in [7, 11) is 4.94. The summed E-state index contributed by atoms with van der Waals surface area (Å²) in [6.45, 7) is 3.36. The monoisotopic (exact) mass is 677 g/mol. The van der Waals surface area contributed by atoms with Crippen LogP contribution in [0.2, 0.25) is 0 Å². The Balaban J connectivity index is 1.30. The second kappa shape index (κ2) is 18.5. The largest absolute Gasteiger partial charge is 0.497 e. The zero-order valence-corrected chi connectivity index (χ0v) is 29.5. The highest BCUT2D eigenvalue weighted by molar-refractivity contribution is 5.75. The Hall–Kier alpha value is -3.44. The van der Waals surface area contributed by atoms with Crippen molar-refractivity contribution in [2.45, 2.75) is 82.6 Å². The van der Waals surface area contributed by atoms with Crippen LogP contribution in [0.25, 0.3) is 0 Å². The van der Waals surface area contributed by atoms with Crippen molar-refractivity contribution in [3.63, 3.8) is 0 Å². The number of benzene rings is 2. The molecule has 1 aliphatic heterocycles. The normalized spacial score (nSPS) is 19.0. The first kappa shape index (κ1) is 36.8. The van der Waals surface area contributed by atoms with E-state index >= 15 is 0 Å². The second-order valence-electron chi connectivity index (χ2n) is 13.7. The first-order valence-corrected chi connectivity index (χ1v) is 18.0. The van der Waals surface area contributed by atoms with Gasteiger partial charge < -0.3 is 39.6 Å². The molecule has 2 fully saturated rings. The van der Waals surface area contributed by atoms with Gasteiger partial charge in [0, 0.05) is 58.5 Å². The van der Waals surface area contributed by atoms with Crippen molar-refractivity contribution in [3.05, 3.63) is 80.1 Å². The molecule has 0 bridgehead atoms. The molecule has 1 saturated heterocycles. The van der Waals surface area contributed by atoms with Crippen LogP contribution in [-0.4, -0.2) is 71.4 Å². The highest BCUT2D eigenvalue weighted by atomic mass is 16.5. The van der Waals surface area contributed by atoms with Crippen molar-refractivity contribution in [3.8, 4) is 11.5 Å². The van der Waals surface area contributed by atoms with Gasteiger partial charge in [-0.1, -0.05) is 62.4 Å². The number of anilines is 2. The predicted molar refractivity (Wildman–Crippen MR) is 194 cm³/mol. The van der Waals surface area contributed by atoms with Gasteiger partial charge in [-0.3, -0.25) is 9.59 Å². The van der Waals surface area contributed by atoms with Gasteiger partial charge in [0.15, 0.2) is 0 Å². The fraction of sp³-hybridized carbons (Fsp3) is 0.590. The molecule has 10 heteroatoms. The fourth-order valence-corrected chi connectivity index (χ4v) is 7.59. The molecule has 0 aromatic heterocycles. The van der Waals surface area contributed by atoms with Crippen molar-refractivity contribution in [1.29, 1.82) is 0 Å². The molecule has 1 aliphatic carbocycles. The summed E-state index contributed by atoms with van der Waals surface area (Å²) < 4.78 is 22.5. The van der Waals surface area contributed by atoms with Crippen LogP contribution in [0.3, 0.4) is 0 Å². The Kier molecular flexibility index (Phi) is 13.9. The first-order chi connectivity index (χ1) is 23.9. The SMILES string of the molecule is COCCCO[C@@H](c1ccccc1)C1CCCN(c2c(N[C@@H](CC3CCCCC3)[C@H](O)CNCc3cc(OC)cc(OC)c3)c(=O)c2=O)C1. The minimum Gasteiger partial charge on any atom is -0.497 e. The van der Waals surface area contributed by atoms with Gasteiger partial charge in [-0.25, -0.2) is 0 Å². The van der Waals surface area contributed by atoms with Crippen LogP contribution >= 0.6 is 0 Å². The highest BCUT2D eigenvalue weighted by Crippen LogP contribution is 2.36. The first-order valence-electron chi connectivity index (χ1n) is 18.0. The molecular formula is C39H55N3O7. The summed E-state index contributed by atoms with van der Waals surface area (Å²) in [6, 6.07) is 15.6.